The summed E-state index contributed by atoms with van der Waals surface area (Å²) in [6.45, 7) is 1.45. The fraction of sp³-hybridized carbons (Fsp3) is 0.533. The summed E-state index contributed by atoms with van der Waals surface area (Å²) in [5.74, 6) is -0.707. The highest BCUT2D eigenvalue weighted by molar-refractivity contribution is 9.10. The highest BCUT2D eigenvalue weighted by Crippen LogP contribution is 2.58. The zero-order valence-corrected chi connectivity index (χ0v) is 13.4. The van der Waals surface area contributed by atoms with E-state index in [9.17, 15) is 18.0 Å². The summed E-state index contributed by atoms with van der Waals surface area (Å²) in [4.78, 5) is 14.3. The van der Waals surface area contributed by atoms with Gasteiger partial charge in [0.1, 0.15) is 5.41 Å². The second-order valence-electron chi connectivity index (χ2n) is 5.87. The highest BCUT2D eigenvalue weighted by Gasteiger charge is 2.69. The highest BCUT2D eigenvalue weighted by atomic mass is 79.9. The molecule has 2 aliphatic rings. The lowest BCUT2D eigenvalue weighted by Gasteiger charge is -2.36. The first-order valence-electron chi connectivity index (χ1n) is 7.18. The van der Waals surface area contributed by atoms with Crippen LogP contribution in [0.1, 0.15) is 12.8 Å². The van der Waals surface area contributed by atoms with Gasteiger partial charge in [-0.1, -0.05) is 15.9 Å². The number of benzene rings is 1. The van der Waals surface area contributed by atoms with Gasteiger partial charge in [0.25, 0.3) is 0 Å². The van der Waals surface area contributed by atoms with Crippen molar-refractivity contribution in [3.8, 4) is 0 Å². The fourth-order valence-corrected chi connectivity index (χ4v) is 3.20. The molecule has 0 spiro atoms. The van der Waals surface area contributed by atoms with Gasteiger partial charge in [0.15, 0.2) is 5.78 Å². The van der Waals surface area contributed by atoms with E-state index in [0.29, 0.717) is 13.1 Å². The quantitative estimate of drug-likeness (QED) is 0.879. The van der Waals surface area contributed by atoms with Crippen LogP contribution in [0.3, 0.4) is 0 Å². The number of hydrogen-bond donors (Lipinski definition) is 1. The van der Waals surface area contributed by atoms with Crippen molar-refractivity contribution in [1.29, 1.82) is 0 Å². The van der Waals surface area contributed by atoms with Gasteiger partial charge in [-0.15, -0.1) is 0 Å². The number of nitrogens with one attached hydrogen (secondary N) is 1. The number of piperazine rings is 1. The van der Waals surface area contributed by atoms with Crippen LogP contribution in [0.25, 0.3) is 0 Å². The molecule has 2 fully saturated rings. The van der Waals surface area contributed by atoms with Crippen molar-refractivity contribution < 1.29 is 18.0 Å². The van der Waals surface area contributed by atoms with Crippen LogP contribution in [-0.2, 0) is 4.79 Å². The first-order chi connectivity index (χ1) is 10.3. The molecular formula is C15H16BrF3N2O. The van der Waals surface area contributed by atoms with E-state index in [4.69, 9.17) is 0 Å². The Morgan fingerprint density at radius 3 is 2.45 bits per heavy atom. The minimum atomic E-state index is -4.44. The Labute approximate surface area is 135 Å². The van der Waals surface area contributed by atoms with Crippen molar-refractivity contribution in [3.05, 3.63) is 28.7 Å². The Balaban J connectivity index is 1.74. The van der Waals surface area contributed by atoms with Crippen LogP contribution in [0.4, 0.5) is 18.9 Å². The molecule has 3 rings (SSSR count). The molecule has 1 aromatic rings. The number of nitrogens with zero attached hydrogens (tertiary/aromatic N) is 1. The third-order valence-electron chi connectivity index (χ3n) is 4.45. The molecule has 3 nitrogen and oxygen atoms in total. The van der Waals surface area contributed by atoms with E-state index in [1.165, 1.54) is 0 Å². The molecule has 22 heavy (non-hydrogen) atoms. The number of ketones is 1. The van der Waals surface area contributed by atoms with Gasteiger partial charge < -0.3 is 10.2 Å². The smallest absolute Gasteiger partial charge is 0.368 e. The van der Waals surface area contributed by atoms with Gasteiger partial charge in [-0.25, -0.2) is 0 Å². The first-order valence-corrected chi connectivity index (χ1v) is 7.98. The second-order valence-corrected chi connectivity index (χ2v) is 6.79. The molecule has 1 heterocycles. The molecule has 7 heteroatoms. The molecule has 120 valence electrons. The number of anilines is 1. The molecule has 1 atom stereocenters. The van der Waals surface area contributed by atoms with E-state index in [2.05, 4.69) is 21.2 Å². The molecule has 0 aromatic heterocycles. The molecule has 1 saturated heterocycles. The summed E-state index contributed by atoms with van der Waals surface area (Å²) in [5, 5.41) is 2.95. The van der Waals surface area contributed by atoms with Gasteiger partial charge in [0, 0.05) is 29.8 Å². The van der Waals surface area contributed by atoms with Crippen molar-refractivity contribution in [2.75, 3.05) is 24.5 Å². The van der Waals surface area contributed by atoms with E-state index < -0.39 is 23.4 Å². The maximum absolute atomic E-state index is 13.1. The van der Waals surface area contributed by atoms with Crippen LogP contribution in [0.2, 0.25) is 0 Å². The van der Waals surface area contributed by atoms with Crippen molar-refractivity contribution in [3.63, 3.8) is 0 Å². The molecular weight excluding hydrogens is 361 g/mol. The van der Waals surface area contributed by atoms with Crippen molar-refractivity contribution in [1.82, 2.24) is 5.32 Å². The predicted octanol–water partition coefficient (Wildman–Crippen LogP) is 3.14. The molecule has 0 bridgehead atoms. The normalized spacial score (nSPS) is 24.2. The lowest BCUT2D eigenvalue weighted by Crippen LogP contribution is -2.57. The van der Waals surface area contributed by atoms with Gasteiger partial charge in [0.2, 0.25) is 0 Å². The third kappa shape index (κ3) is 2.76. The number of carbonyl (C=O) groups excluding carboxylic acids is 1. The maximum atomic E-state index is 13.1. The Kier molecular flexibility index (Phi) is 3.97. The molecule has 0 radical (unpaired) electrons. The van der Waals surface area contributed by atoms with E-state index in [1.807, 2.05) is 29.2 Å². The molecule has 1 aliphatic heterocycles. The molecule has 1 aromatic carbocycles. The summed E-state index contributed by atoms with van der Waals surface area (Å²) >= 11 is 3.35. The summed E-state index contributed by atoms with van der Waals surface area (Å²) in [7, 11) is 0. The monoisotopic (exact) mass is 376 g/mol. The predicted molar refractivity (Wildman–Crippen MR) is 80.9 cm³/mol. The first kappa shape index (κ1) is 15.8. The Hall–Kier alpha value is -1.08. The standard InChI is InChI=1S/C15H16BrF3N2O/c16-10-1-3-11(4-2-10)21-8-7-20-12(9-21)13(22)14(5-6-14)15(17,18)19/h1-4,12,20H,5-9H2. The van der Waals surface area contributed by atoms with Gasteiger partial charge in [-0.2, -0.15) is 13.2 Å². The lowest BCUT2D eigenvalue weighted by atomic mass is 9.93. The molecule has 1 N–H and O–H groups in total. The fourth-order valence-electron chi connectivity index (χ4n) is 2.94. The molecule has 1 unspecified atom stereocenters. The maximum Gasteiger partial charge on any atom is 0.401 e. The van der Waals surface area contributed by atoms with Crippen molar-refractivity contribution in [2.24, 2.45) is 5.41 Å². The van der Waals surface area contributed by atoms with E-state index in [1.54, 1.807) is 0 Å². The third-order valence-corrected chi connectivity index (χ3v) is 4.98. The van der Waals surface area contributed by atoms with Gasteiger partial charge in [0.05, 0.1) is 6.04 Å². The second kappa shape index (κ2) is 5.53. The number of carbonyl (C=O) groups is 1. The average molecular weight is 377 g/mol. The summed E-state index contributed by atoms with van der Waals surface area (Å²) in [5.41, 5.74) is -1.19. The Morgan fingerprint density at radius 2 is 1.91 bits per heavy atom. The molecule has 1 saturated carbocycles. The van der Waals surface area contributed by atoms with Crippen LogP contribution in [0.5, 0.6) is 0 Å². The van der Waals surface area contributed by atoms with Crippen LogP contribution in [-0.4, -0.2) is 37.6 Å². The van der Waals surface area contributed by atoms with Gasteiger partial charge >= 0.3 is 6.18 Å². The minimum absolute atomic E-state index is 0.0776. The average Bonchev–Trinajstić information content (AvgIpc) is 3.29. The zero-order valence-electron chi connectivity index (χ0n) is 11.8. The largest absolute Gasteiger partial charge is 0.401 e. The van der Waals surface area contributed by atoms with E-state index in [-0.39, 0.29) is 19.4 Å². The summed E-state index contributed by atoms with van der Waals surface area (Å²) in [6.07, 6.45) is -4.59. The number of rotatable bonds is 3. The Morgan fingerprint density at radius 1 is 1.27 bits per heavy atom. The van der Waals surface area contributed by atoms with Crippen molar-refractivity contribution >= 4 is 27.4 Å². The number of hydrogen-bond acceptors (Lipinski definition) is 3. The SMILES string of the molecule is O=C(C1CN(c2ccc(Br)cc2)CCN1)C1(C(F)(F)F)CC1. The lowest BCUT2D eigenvalue weighted by molar-refractivity contribution is -0.192. The summed E-state index contributed by atoms with van der Waals surface area (Å²) in [6, 6.07) is 6.79. The van der Waals surface area contributed by atoms with E-state index in [0.717, 1.165) is 10.2 Å². The Bertz CT molecular complexity index is 569. The number of Topliss-reactive ketones (excluding diaryl/α,β-unsaturated/α-hetero) is 1. The van der Waals surface area contributed by atoms with Crippen LogP contribution < -0.4 is 10.2 Å². The van der Waals surface area contributed by atoms with Crippen molar-refractivity contribution in [2.45, 2.75) is 25.1 Å². The van der Waals surface area contributed by atoms with Gasteiger partial charge in [-0.05, 0) is 37.1 Å². The topological polar surface area (TPSA) is 32.3 Å². The van der Waals surface area contributed by atoms with E-state index >= 15 is 0 Å². The van der Waals surface area contributed by atoms with Gasteiger partial charge in [-0.3, -0.25) is 4.79 Å². The molecule has 1 aliphatic carbocycles. The van der Waals surface area contributed by atoms with Crippen LogP contribution in [0, 0.1) is 5.41 Å². The zero-order chi connectivity index (χ0) is 16.0. The molecule has 0 amide bonds. The summed E-state index contributed by atoms with van der Waals surface area (Å²) < 4.78 is 40.2. The number of alkyl halides is 3. The number of halogens is 4. The minimum Gasteiger partial charge on any atom is -0.368 e. The van der Waals surface area contributed by atoms with Crippen LogP contribution >= 0.6 is 15.9 Å². The van der Waals surface area contributed by atoms with Crippen LogP contribution in [0.15, 0.2) is 28.7 Å².